The quantitative estimate of drug-likeness (QED) is 0.545. The lowest BCUT2D eigenvalue weighted by Gasteiger charge is -2.20. The molecule has 7 nitrogen and oxygen atoms in total. The van der Waals surface area contributed by atoms with Crippen LogP contribution >= 0.6 is 11.3 Å². The van der Waals surface area contributed by atoms with Crippen molar-refractivity contribution in [2.45, 2.75) is 19.9 Å². The Morgan fingerprint density at radius 1 is 1.06 bits per heavy atom. The molecule has 0 radical (unpaired) electrons. The third-order valence-corrected chi connectivity index (χ3v) is 5.51. The lowest BCUT2D eigenvalue weighted by Crippen LogP contribution is -2.31. The Labute approximate surface area is 185 Å². The maximum atomic E-state index is 12.7. The number of amides is 2. The highest BCUT2D eigenvalue weighted by Gasteiger charge is 2.16. The van der Waals surface area contributed by atoms with E-state index in [0.29, 0.717) is 41.0 Å². The van der Waals surface area contributed by atoms with Gasteiger partial charge in [-0.05, 0) is 30.7 Å². The van der Waals surface area contributed by atoms with Crippen LogP contribution in [0.25, 0.3) is 0 Å². The van der Waals surface area contributed by atoms with E-state index in [1.54, 1.807) is 28.5 Å². The van der Waals surface area contributed by atoms with Crippen molar-refractivity contribution in [3.05, 3.63) is 70.7 Å². The van der Waals surface area contributed by atoms with Gasteiger partial charge < -0.3 is 14.4 Å². The van der Waals surface area contributed by atoms with Crippen molar-refractivity contribution in [3.63, 3.8) is 0 Å². The Bertz CT molecular complexity index is 1040. The minimum atomic E-state index is -0.313. The van der Waals surface area contributed by atoms with Gasteiger partial charge in [-0.1, -0.05) is 30.3 Å². The molecule has 2 aromatic carbocycles. The molecule has 0 fully saturated rings. The smallest absolute Gasteiger partial charge is 0.257 e. The Morgan fingerprint density at radius 2 is 1.81 bits per heavy atom. The first-order chi connectivity index (χ1) is 15.0. The summed E-state index contributed by atoms with van der Waals surface area (Å²) in [5, 5.41) is 5.00. The predicted octanol–water partition coefficient (Wildman–Crippen LogP) is 4.00. The Hall–Kier alpha value is -3.39. The normalized spacial score (nSPS) is 10.4. The molecule has 0 atom stereocenters. The monoisotopic (exact) mass is 439 g/mol. The summed E-state index contributed by atoms with van der Waals surface area (Å²) in [4.78, 5) is 31.5. The molecule has 0 spiro atoms. The van der Waals surface area contributed by atoms with Gasteiger partial charge in [0.15, 0.2) is 16.6 Å². The van der Waals surface area contributed by atoms with Crippen molar-refractivity contribution in [1.29, 1.82) is 0 Å². The third-order valence-electron chi connectivity index (χ3n) is 4.70. The molecular formula is C23H25N3O4S. The second-order valence-corrected chi connectivity index (χ2v) is 7.60. The topological polar surface area (TPSA) is 80.8 Å². The minimum Gasteiger partial charge on any atom is -0.493 e. The van der Waals surface area contributed by atoms with Crippen LogP contribution in [-0.2, 0) is 17.8 Å². The van der Waals surface area contributed by atoms with Crippen molar-refractivity contribution in [1.82, 2.24) is 9.88 Å². The average molecular weight is 440 g/mol. The highest BCUT2D eigenvalue weighted by molar-refractivity contribution is 7.14. The van der Waals surface area contributed by atoms with E-state index in [-0.39, 0.29) is 18.2 Å². The van der Waals surface area contributed by atoms with Crippen molar-refractivity contribution in [3.8, 4) is 11.5 Å². The van der Waals surface area contributed by atoms with Gasteiger partial charge in [-0.3, -0.25) is 14.9 Å². The number of aromatic nitrogens is 1. The zero-order chi connectivity index (χ0) is 22.2. The van der Waals surface area contributed by atoms with Crippen LogP contribution in [0.4, 0.5) is 5.13 Å². The number of methoxy groups -OCH3 is 2. The third kappa shape index (κ3) is 5.82. The Kier molecular flexibility index (Phi) is 7.61. The van der Waals surface area contributed by atoms with Crippen LogP contribution in [0.2, 0.25) is 0 Å². The first-order valence-electron chi connectivity index (χ1n) is 9.83. The number of carbonyl (C=O) groups excluding carboxylic acids is 2. The summed E-state index contributed by atoms with van der Waals surface area (Å²) in [6, 6.07) is 14.8. The molecule has 8 heteroatoms. The summed E-state index contributed by atoms with van der Waals surface area (Å²) in [5.74, 6) is 0.700. The van der Waals surface area contributed by atoms with E-state index >= 15 is 0 Å². The molecule has 31 heavy (non-hydrogen) atoms. The number of nitrogens with one attached hydrogen (secondary N) is 1. The van der Waals surface area contributed by atoms with E-state index < -0.39 is 0 Å². The predicted molar refractivity (Wildman–Crippen MR) is 121 cm³/mol. The molecular weight excluding hydrogens is 414 g/mol. The number of thiazole rings is 1. The van der Waals surface area contributed by atoms with Gasteiger partial charge in [-0.25, -0.2) is 4.98 Å². The van der Waals surface area contributed by atoms with E-state index in [4.69, 9.17) is 9.47 Å². The first kappa shape index (κ1) is 22.3. The number of hydrogen-bond acceptors (Lipinski definition) is 6. The summed E-state index contributed by atoms with van der Waals surface area (Å²) in [6.45, 7) is 3.13. The molecule has 1 N–H and O–H groups in total. The van der Waals surface area contributed by atoms with Gasteiger partial charge in [0.25, 0.3) is 5.91 Å². The molecule has 0 saturated heterocycles. The maximum Gasteiger partial charge on any atom is 0.257 e. The van der Waals surface area contributed by atoms with Gasteiger partial charge in [0.2, 0.25) is 5.91 Å². The number of likely N-dealkylation sites (N-methyl/N-ethyl adjacent to an activating group) is 1. The van der Waals surface area contributed by atoms with Crippen molar-refractivity contribution < 1.29 is 19.1 Å². The van der Waals surface area contributed by atoms with E-state index in [1.807, 2.05) is 37.3 Å². The van der Waals surface area contributed by atoms with Crippen LogP contribution in [0, 0.1) is 0 Å². The lowest BCUT2D eigenvalue weighted by atomic mass is 10.2. The first-order valence-corrected chi connectivity index (χ1v) is 10.7. The second kappa shape index (κ2) is 10.6. The average Bonchev–Trinajstić information content (AvgIpc) is 3.23. The number of ether oxygens (including phenoxy) is 2. The molecule has 3 aromatic rings. The molecule has 2 amide bonds. The Balaban J connectivity index is 1.62. The second-order valence-electron chi connectivity index (χ2n) is 6.74. The molecule has 0 unspecified atom stereocenters. The fourth-order valence-electron chi connectivity index (χ4n) is 3.04. The summed E-state index contributed by atoms with van der Waals surface area (Å²) in [6.07, 6.45) is 0.184. The standard InChI is InChI=1S/C23H25N3O4S/c1-4-26(14-16-8-6-5-7-9-16)21(27)13-18-15-31-23(24-18)25-22(28)17-10-11-19(29-2)20(12-17)30-3/h5-12,15H,4,13-14H2,1-3H3,(H,24,25,28). The Morgan fingerprint density at radius 3 is 2.48 bits per heavy atom. The van der Waals surface area contributed by atoms with E-state index in [9.17, 15) is 9.59 Å². The van der Waals surface area contributed by atoms with Crippen LogP contribution in [0.1, 0.15) is 28.5 Å². The van der Waals surface area contributed by atoms with Crippen molar-refractivity contribution in [2.24, 2.45) is 0 Å². The van der Waals surface area contributed by atoms with Crippen LogP contribution < -0.4 is 14.8 Å². The summed E-state index contributed by atoms with van der Waals surface area (Å²) < 4.78 is 10.4. The van der Waals surface area contributed by atoms with E-state index in [2.05, 4.69) is 10.3 Å². The fraction of sp³-hybridized carbons (Fsp3) is 0.261. The highest BCUT2D eigenvalue weighted by atomic mass is 32.1. The molecule has 162 valence electrons. The maximum absolute atomic E-state index is 12.7. The molecule has 0 aliphatic heterocycles. The molecule has 0 saturated carbocycles. The molecule has 3 rings (SSSR count). The van der Waals surface area contributed by atoms with Gasteiger partial charge in [-0.2, -0.15) is 0 Å². The SMILES string of the molecule is CCN(Cc1ccccc1)C(=O)Cc1csc(NC(=O)c2ccc(OC)c(OC)c2)n1. The largest absolute Gasteiger partial charge is 0.493 e. The highest BCUT2D eigenvalue weighted by Crippen LogP contribution is 2.28. The number of carbonyl (C=O) groups is 2. The number of nitrogens with zero attached hydrogens (tertiary/aromatic N) is 2. The molecule has 0 bridgehead atoms. The molecule has 1 aromatic heterocycles. The zero-order valence-corrected chi connectivity index (χ0v) is 18.6. The number of benzene rings is 2. The summed E-state index contributed by atoms with van der Waals surface area (Å²) >= 11 is 1.29. The van der Waals surface area contributed by atoms with Crippen LogP contribution in [-0.4, -0.2) is 42.5 Å². The van der Waals surface area contributed by atoms with Crippen LogP contribution in [0.15, 0.2) is 53.9 Å². The number of anilines is 1. The van der Waals surface area contributed by atoms with Gasteiger partial charge in [0.05, 0.1) is 26.3 Å². The molecule has 1 heterocycles. The zero-order valence-electron chi connectivity index (χ0n) is 17.8. The van der Waals surface area contributed by atoms with E-state index in [0.717, 1.165) is 5.56 Å². The molecule has 0 aliphatic rings. The van der Waals surface area contributed by atoms with Crippen LogP contribution in [0.3, 0.4) is 0 Å². The molecule has 0 aliphatic carbocycles. The minimum absolute atomic E-state index is 0.00517. The lowest BCUT2D eigenvalue weighted by molar-refractivity contribution is -0.130. The van der Waals surface area contributed by atoms with Crippen molar-refractivity contribution >= 4 is 28.3 Å². The van der Waals surface area contributed by atoms with Crippen molar-refractivity contribution in [2.75, 3.05) is 26.1 Å². The van der Waals surface area contributed by atoms with Crippen LogP contribution in [0.5, 0.6) is 11.5 Å². The fourth-order valence-corrected chi connectivity index (χ4v) is 3.74. The number of hydrogen-bond donors (Lipinski definition) is 1. The van der Waals surface area contributed by atoms with E-state index in [1.165, 1.54) is 25.6 Å². The summed E-state index contributed by atoms with van der Waals surface area (Å²) in [7, 11) is 3.05. The van der Waals surface area contributed by atoms with Gasteiger partial charge in [-0.15, -0.1) is 11.3 Å². The van der Waals surface area contributed by atoms with Gasteiger partial charge >= 0.3 is 0 Å². The number of rotatable bonds is 9. The van der Waals surface area contributed by atoms with Gasteiger partial charge in [0.1, 0.15) is 0 Å². The van der Waals surface area contributed by atoms with Gasteiger partial charge in [0, 0.05) is 24.0 Å². The summed E-state index contributed by atoms with van der Waals surface area (Å²) in [5.41, 5.74) is 2.13.